The molecule has 0 aromatic heterocycles. The van der Waals surface area contributed by atoms with E-state index >= 15 is 0 Å². The Morgan fingerprint density at radius 2 is 1.71 bits per heavy atom. The van der Waals surface area contributed by atoms with Crippen LogP contribution < -0.4 is 5.32 Å². The predicted octanol–water partition coefficient (Wildman–Crippen LogP) is 4.01. The van der Waals surface area contributed by atoms with Crippen LogP contribution in [0.2, 0.25) is 0 Å². The molecule has 1 aliphatic heterocycles. The largest absolute Gasteiger partial charge is 0.480 e. The normalized spacial score (nSPS) is 24.5. The smallest absolute Gasteiger partial charge is 0.320 e. The van der Waals surface area contributed by atoms with E-state index in [-0.39, 0.29) is 18.5 Å². The van der Waals surface area contributed by atoms with Gasteiger partial charge in [0.15, 0.2) is 0 Å². The van der Waals surface area contributed by atoms with E-state index in [4.69, 9.17) is 0 Å². The van der Waals surface area contributed by atoms with E-state index in [9.17, 15) is 14.7 Å². The molecule has 2 aromatic carbocycles. The molecule has 3 unspecified atom stereocenters. The molecule has 2 fully saturated rings. The van der Waals surface area contributed by atoms with Gasteiger partial charge >= 0.3 is 5.97 Å². The number of aliphatic carboxylic acids is 1. The molecule has 5 heteroatoms. The standard InChI is InChI=1S/C23H26N2O3/c26-22(15-25-20-13-7-4-10-17(20)14-21(25)23(27)28)24-19-12-6-5-11-18(19)16-8-2-1-3-9-16/h1-3,5-6,8-9,11-12,17,20-21H,4,7,10,13-15H2,(H,24,26)(H,27,28). The molecule has 1 aliphatic carbocycles. The Kier molecular flexibility index (Phi) is 5.44. The molecule has 0 bridgehead atoms. The monoisotopic (exact) mass is 378 g/mol. The first-order valence-electron chi connectivity index (χ1n) is 10.1. The molecule has 0 spiro atoms. The van der Waals surface area contributed by atoms with Crippen LogP contribution in [0.3, 0.4) is 0 Å². The van der Waals surface area contributed by atoms with Crippen molar-refractivity contribution in [2.45, 2.75) is 44.2 Å². The number of hydrogen-bond donors (Lipinski definition) is 2. The number of carboxylic acids is 1. The average Bonchev–Trinajstić information content (AvgIpc) is 3.08. The third-order valence-electron chi connectivity index (χ3n) is 6.12. The Balaban J connectivity index is 1.51. The van der Waals surface area contributed by atoms with Gasteiger partial charge in [0.25, 0.3) is 0 Å². The molecule has 5 nitrogen and oxygen atoms in total. The molecule has 28 heavy (non-hydrogen) atoms. The summed E-state index contributed by atoms with van der Waals surface area (Å²) in [5.74, 6) is -0.563. The molecule has 1 amide bonds. The second-order valence-electron chi connectivity index (χ2n) is 7.83. The van der Waals surface area contributed by atoms with Crippen LogP contribution in [0.4, 0.5) is 5.69 Å². The summed E-state index contributed by atoms with van der Waals surface area (Å²) in [7, 11) is 0. The number of para-hydroxylation sites is 1. The third-order valence-corrected chi connectivity index (χ3v) is 6.12. The second kappa shape index (κ2) is 8.15. The summed E-state index contributed by atoms with van der Waals surface area (Å²) in [6.07, 6.45) is 5.00. The first-order valence-corrected chi connectivity index (χ1v) is 10.1. The number of fused-ring (bicyclic) bond motifs is 1. The van der Waals surface area contributed by atoms with Gasteiger partial charge in [0, 0.05) is 17.3 Å². The topological polar surface area (TPSA) is 69.6 Å². The van der Waals surface area contributed by atoms with E-state index < -0.39 is 12.0 Å². The molecule has 1 saturated heterocycles. The number of carbonyl (C=O) groups excluding carboxylic acids is 1. The minimum absolute atomic E-state index is 0.126. The second-order valence-corrected chi connectivity index (χ2v) is 7.83. The number of hydrogen-bond acceptors (Lipinski definition) is 3. The number of rotatable bonds is 5. The van der Waals surface area contributed by atoms with E-state index in [1.54, 1.807) is 0 Å². The zero-order valence-electron chi connectivity index (χ0n) is 15.9. The van der Waals surface area contributed by atoms with Crippen LogP contribution in [0, 0.1) is 5.92 Å². The van der Waals surface area contributed by atoms with Crippen LogP contribution in [0.15, 0.2) is 54.6 Å². The van der Waals surface area contributed by atoms with Crippen molar-refractivity contribution in [3.8, 4) is 11.1 Å². The summed E-state index contributed by atoms with van der Waals surface area (Å²) in [5, 5.41) is 12.7. The third kappa shape index (κ3) is 3.80. The quantitative estimate of drug-likeness (QED) is 0.825. The summed E-state index contributed by atoms with van der Waals surface area (Å²) in [4.78, 5) is 26.5. The Morgan fingerprint density at radius 3 is 2.50 bits per heavy atom. The van der Waals surface area contributed by atoms with Crippen LogP contribution in [0.1, 0.15) is 32.1 Å². The van der Waals surface area contributed by atoms with Gasteiger partial charge in [0.1, 0.15) is 6.04 Å². The molecule has 2 aliphatic rings. The van der Waals surface area contributed by atoms with Crippen molar-refractivity contribution in [3.63, 3.8) is 0 Å². The van der Waals surface area contributed by atoms with Gasteiger partial charge in [-0.05, 0) is 36.8 Å². The van der Waals surface area contributed by atoms with E-state index in [1.807, 2.05) is 59.5 Å². The fourth-order valence-corrected chi connectivity index (χ4v) is 4.84. The minimum Gasteiger partial charge on any atom is -0.480 e. The van der Waals surface area contributed by atoms with Gasteiger partial charge in [-0.1, -0.05) is 61.4 Å². The SMILES string of the molecule is O=C(CN1C(C(=O)O)CC2CCCCC21)Nc1ccccc1-c1ccccc1. The highest BCUT2D eigenvalue weighted by Crippen LogP contribution is 2.39. The van der Waals surface area contributed by atoms with Crippen molar-refractivity contribution in [2.75, 3.05) is 11.9 Å². The van der Waals surface area contributed by atoms with Gasteiger partial charge in [-0.3, -0.25) is 14.5 Å². The van der Waals surface area contributed by atoms with Crippen LogP contribution in [0.25, 0.3) is 11.1 Å². The van der Waals surface area contributed by atoms with Gasteiger partial charge in [-0.2, -0.15) is 0 Å². The highest BCUT2D eigenvalue weighted by Gasteiger charge is 2.45. The fraction of sp³-hybridized carbons (Fsp3) is 0.391. The van der Waals surface area contributed by atoms with Gasteiger partial charge in [-0.15, -0.1) is 0 Å². The van der Waals surface area contributed by atoms with Crippen LogP contribution in [-0.4, -0.2) is 40.5 Å². The molecule has 2 aromatic rings. The van der Waals surface area contributed by atoms with Crippen LogP contribution in [-0.2, 0) is 9.59 Å². The van der Waals surface area contributed by atoms with Gasteiger partial charge in [-0.25, -0.2) is 0 Å². The maximum Gasteiger partial charge on any atom is 0.320 e. The average molecular weight is 378 g/mol. The number of benzene rings is 2. The van der Waals surface area contributed by atoms with Crippen molar-refractivity contribution < 1.29 is 14.7 Å². The lowest BCUT2D eigenvalue weighted by atomic mass is 9.85. The Bertz CT molecular complexity index is 852. The lowest BCUT2D eigenvalue weighted by molar-refractivity contribution is -0.143. The molecule has 2 N–H and O–H groups in total. The predicted molar refractivity (Wildman–Crippen MR) is 109 cm³/mol. The summed E-state index contributed by atoms with van der Waals surface area (Å²) in [5.41, 5.74) is 2.75. The maximum absolute atomic E-state index is 12.8. The summed E-state index contributed by atoms with van der Waals surface area (Å²) in [6, 6.07) is 17.3. The van der Waals surface area contributed by atoms with Gasteiger partial charge in [0.2, 0.25) is 5.91 Å². The van der Waals surface area contributed by atoms with Crippen molar-refractivity contribution in [3.05, 3.63) is 54.6 Å². The number of nitrogens with zero attached hydrogens (tertiary/aromatic N) is 1. The number of carboxylic acid groups (broad SMARTS) is 1. The Morgan fingerprint density at radius 1 is 1.00 bits per heavy atom. The molecule has 3 atom stereocenters. The lowest BCUT2D eigenvalue weighted by Crippen LogP contribution is -2.46. The first-order chi connectivity index (χ1) is 13.6. The number of anilines is 1. The number of amides is 1. The molecule has 1 saturated carbocycles. The molecular weight excluding hydrogens is 352 g/mol. The molecule has 146 valence electrons. The zero-order valence-corrected chi connectivity index (χ0v) is 15.9. The summed E-state index contributed by atoms with van der Waals surface area (Å²) < 4.78 is 0. The van der Waals surface area contributed by atoms with E-state index in [2.05, 4.69) is 5.32 Å². The first kappa shape index (κ1) is 18.7. The maximum atomic E-state index is 12.8. The fourth-order valence-electron chi connectivity index (χ4n) is 4.84. The molecular formula is C23H26N2O3. The van der Waals surface area contributed by atoms with Crippen LogP contribution in [0.5, 0.6) is 0 Å². The van der Waals surface area contributed by atoms with E-state index in [0.29, 0.717) is 12.3 Å². The van der Waals surface area contributed by atoms with E-state index in [1.165, 1.54) is 0 Å². The van der Waals surface area contributed by atoms with Crippen molar-refractivity contribution in [1.82, 2.24) is 4.90 Å². The molecule has 4 rings (SSSR count). The zero-order chi connectivity index (χ0) is 19.5. The Labute approximate surface area is 165 Å². The lowest BCUT2D eigenvalue weighted by Gasteiger charge is -2.32. The van der Waals surface area contributed by atoms with E-state index in [0.717, 1.165) is 42.5 Å². The summed E-state index contributed by atoms with van der Waals surface area (Å²) in [6.45, 7) is 0.126. The van der Waals surface area contributed by atoms with Crippen molar-refractivity contribution in [1.29, 1.82) is 0 Å². The Hall–Kier alpha value is -2.66. The van der Waals surface area contributed by atoms with Gasteiger partial charge < -0.3 is 10.4 Å². The molecule has 1 heterocycles. The number of nitrogens with one attached hydrogen (secondary N) is 1. The van der Waals surface area contributed by atoms with Crippen molar-refractivity contribution >= 4 is 17.6 Å². The van der Waals surface area contributed by atoms with Crippen molar-refractivity contribution in [2.24, 2.45) is 5.92 Å². The minimum atomic E-state index is -0.813. The van der Waals surface area contributed by atoms with Crippen LogP contribution >= 0.6 is 0 Å². The highest BCUT2D eigenvalue weighted by atomic mass is 16.4. The number of likely N-dealkylation sites (tertiary alicyclic amines) is 1. The highest BCUT2D eigenvalue weighted by molar-refractivity contribution is 5.96. The summed E-state index contributed by atoms with van der Waals surface area (Å²) >= 11 is 0. The van der Waals surface area contributed by atoms with Gasteiger partial charge in [0.05, 0.1) is 6.54 Å². The number of carbonyl (C=O) groups is 2. The molecule has 0 radical (unpaired) electrons.